The van der Waals surface area contributed by atoms with E-state index in [1.54, 1.807) is 0 Å². The van der Waals surface area contributed by atoms with Crippen LogP contribution in [0.25, 0.3) is 0 Å². The van der Waals surface area contributed by atoms with Crippen molar-refractivity contribution >= 4 is 17.5 Å². The van der Waals surface area contributed by atoms with Crippen LogP contribution in [0, 0.1) is 28.1 Å². The minimum absolute atomic E-state index is 0.00596. The number of carboxylic acid groups (broad SMARTS) is 1. The van der Waals surface area contributed by atoms with Gasteiger partial charge in [0.15, 0.2) is 0 Å². The number of carbonyl (C=O) groups excluding carboxylic acids is 2. The largest absolute Gasteiger partial charge is 0.481 e. The van der Waals surface area contributed by atoms with Gasteiger partial charge in [0.25, 0.3) is 0 Å². The third-order valence-electron chi connectivity index (χ3n) is 9.38. The first-order valence-electron chi connectivity index (χ1n) is 10.9. The van der Waals surface area contributed by atoms with Crippen LogP contribution >= 0.6 is 0 Å². The van der Waals surface area contributed by atoms with Gasteiger partial charge in [-0.05, 0) is 72.3 Å². The topological polar surface area (TPSA) is 71.4 Å². The van der Waals surface area contributed by atoms with Crippen molar-refractivity contribution in [3.8, 4) is 0 Å². The molecule has 0 radical (unpaired) electrons. The first-order valence-corrected chi connectivity index (χ1v) is 10.9. The first kappa shape index (κ1) is 18.3. The Bertz CT molecular complexity index is 864. The molecule has 150 valence electrons. The predicted octanol–water partition coefficient (Wildman–Crippen LogP) is 4.63. The molecule has 0 amide bonds. The van der Waals surface area contributed by atoms with Gasteiger partial charge in [0.2, 0.25) is 0 Å². The molecule has 0 aromatic heterocycles. The lowest BCUT2D eigenvalue weighted by molar-refractivity contribution is -0.138. The van der Waals surface area contributed by atoms with E-state index in [2.05, 4.69) is 19.9 Å². The molecule has 0 aromatic carbocycles. The summed E-state index contributed by atoms with van der Waals surface area (Å²) in [6.45, 7) is 4.57. The van der Waals surface area contributed by atoms with Crippen molar-refractivity contribution in [2.45, 2.75) is 78.1 Å². The van der Waals surface area contributed by atoms with Crippen LogP contribution in [-0.4, -0.2) is 22.6 Å². The molecular formula is C24H30O4. The average molecular weight is 383 g/mol. The quantitative estimate of drug-likeness (QED) is 0.756. The Morgan fingerprint density at radius 2 is 1.93 bits per heavy atom. The Labute approximate surface area is 166 Å². The average Bonchev–Trinajstić information content (AvgIpc) is 3.07. The van der Waals surface area contributed by atoms with E-state index in [9.17, 15) is 19.5 Å². The van der Waals surface area contributed by atoms with Gasteiger partial charge in [-0.15, -0.1) is 0 Å². The lowest BCUT2D eigenvalue weighted by Gasteiger charge is -2.55. The third-order valence-corrected chi connectivity index (χ3v) is 9.38. The molecular weight excluding hydrogens is 352 g/mol. The van der Waals surface area contributed by atoms with Crippen LogP contribution in [0.2, 0.25) is 0 Å². The molecule has 0 aliphatic heterocycles. The maximum Gasteiger partial charge on any atom is 0.303 e. The molecule has 0 saturated heterocycles. The molecule has 5 rings (SSSR count). The van der Waals surface area contributed by atoms with Crippen molar-refractivity contribution in [1.29, 1.82) is 0 Å². The smallest absolute Gasteiger partial charge is 0.303 e. The molecule has 4 nitrogen and oxygen atoms in total. The van der Waals surface area contributed by atoms with Crippen LogP contribution in [0.15, 0.2) is 22.8 Å². The number of fused-ring (bicyclic) bond motifs is 3. The normalized spacial score (nSPS) is 44.6. The van der Waals surface area contributed by atoms with Gasteiger partial charge < -0.3 is 5.11 Å². The van der Waals surface area contributed by atoms with E-state index in [4.69, 9.17) is 0 Å². The van der Waals surface area contributed by atoms with E-state index in [0.29, 0.717) is 30.8 Å². The lowest BCUT2D eigenvalue weighted by Crippen LogP contribution is -2.48. The number of rotatable bonds is 2. The van der Waals surface area contributed by atoms with Gasteiger partial charge in [-0.2, -0.15) is 0 Å². The zero-order chi connectivity index (χ0) is 19.9. The summed E-state index contributed by atoms with van der Waals surface area (Å²) in [6.07, 6.45) is 9.58. The minimum Gasteiger partial charge on any atom is -0.481 e. The van der Waals surface area contributed by atoms with E-state index in [0.717, 1.165) is 38.5 Å². The lowest BCUT2D eigenvalue weighted by atomic mass is 9.48. The zero-order valence-electron chi connectivity index (χ0n) is 17.0. The number of hydrogen-bond donors (Lipinski definition) is 1. The molecule has 5 atom stereocenters. The standard InChI is InChI=1S/C24H30O4/c1-22-7-4-18-21-14(12-20(27)28)11-15-13-16(25)3-9-23(15,2)17(21)5-10-24(18,22)19(26)6-8-22/h4,14-15H,3,5-13H2,1-2H3,(H,27,28)/t14?,15?,22-,23?,24?/m0/s1. The summed E-state index contributed by atoms with van der Waals surface area (Å²) in [4.78, 5) is 37.1. The van der Waals surface area contributed by atoms with Crippen LogP contribution in [0.1, 0.15) is 78.1 Å². The van der Waals surface area contributed by atoms with E-state index in [-0.39, 0.29) is 34.5 Å². The summed E-state index contributed by atoms with van der Waals surface area (Å²) in [5, 5.41) is 9.62. The van der Waals surface area contributed by atoms with E-state index in [1.165, 1.54) is 16.7 Å². The van der Waals surface area contributed by atoms with Crippen molar-refractivity contribution in [2.24, 2.45) is 28.1 Å². The van der Waals surface area contributed by atoms with E-state index in [1.807, 2.05) is 0 Å². The zero-order valence-corrected chi connectivity index (χ0v) is 17.0. The molecule has 0 bridgehead atoms. The molecule has 1 N–H and O–H groups in total. The van der Waals surface area contributed by atoms with Crippen molar-refractivity contribution in [3.05, 3.63) is 22.8 Å². The van der Waals surface area contributed by atoms with Gasteiger partial charge in [0.1, 0.15) is 11.6 Å². The summed E-state index contributed by atoms with van der Waals surface area (Å²) >= 11 is 0. The van der Waals surface area contributed by atoms with Crippen LogP contribution in [0.4, 0.5) is 0 Å². The number of aliphatic carboxylic acids is 1. The van der Waals surface area contributed by atoms with Crippen LogP contribution in [0.3, 0.4) is 0 Å². The molecule has 4 unspecified atom stereocenters. The van der Waals surface area contributed by atoms with Crippen LogP contribution in [-0.2, 0) is 14.4 Å². The van der Waals surface area contributed by atoms with E-state index < -0.39 is 5.97 Å². The Morgan fingerprint density at radius 3 is 2.68 bits per heavy atom. The molecule has 1 spiro atoms. The van der Waals surface area contributed by atoms with Gasteiger partial charge in [-0.3, -0.25) is 14.4 Å². The molecule has 0 heterocycles. The number of carbonyl (C=O) groups is 3. The molecule has 28 heavy (non-hydrogen) atoms. The molecule has 5 aliphatic carbocycles. The Balaban J connectivity index is 1.68. The highest BCUT2D eigenvalue weighted by Crippen LogP contribution is 2.71. The second-order valence-electron chi connectivity index (χ2n) is 10.5. The van der Waals surface area contributed by atoms with Crippen molar-refractivity contribution in [3.63, 3.8) is 0 Å². The molecule has 4 heteroatoms. The second-order valence-corrected chi connectivity index (χ2v) is 10.5. The summed E-state index contributed by atoms with van der Waals surface area (Å²) in [5.74, 6) is 0.118. The number of Topliss-reactive ketones (excluding diaryl/α,β-unsaturated/α-hetero) is 2. The highest BCUT2D eigenvalue weighted by atomic mass is 16.4. The maximum absolute atomic E-state index is 13.2. The Kier molecular flexibility index (Phi) is 3.71. The van der Waals surface area contributed by atoms with E-state index >= 15 is 0 Å². The van der Waals surface area contributed by atoms with Gasteiger partial charge in [0.05, 0.1) is 11.8 Å². The summed E-state index contributed by atoms with van der Waals surface area (Å²) < 4.78 is 0. The number of allylic oxidation sites excluding steroid dienone is 4. The second kappa shape index (κ2) is 5.67. The Morgan fingerprint density at radius 1 is 1.14 bits per heavy atom. The van der Waals surface area contributed by atoms with Crippen molar-refractivity contribution in [1.82, 2.24) is 0 Å². The number of carboxylic acids is 1. The molecule has 2 fully saturated rings. The fourth-order valence-electron chi connectivity index (χ4n) is 7.79. The predicted molar refractivity (Wildman–Crippen MR) is 105 cm³/mol. The summed E-state index contributed by atoms with van der Waals surface area (Å²) in [6, 6.07) is 0. The van der Waals surface area contributed by atoms with Gasteiger partial charge in [0, 0.05) is 19.3 Å². The first-order chi connectivity index (χ1) is 13.2. The monoisotopic (exact) mass is 382 g/mol. The Hall–Kier alpha value is -1.71. The van der Waals surface area contributed by atoms with Gasteiger partial charge >= 0.3 is 5.97 Å². The van der Waals surface area contributed by atoms with Crippen LogP contribution in [0.5, 0.6) is 0 Å². The number of ketones is 2. The number of hydrogen-bond acceptors (Lipinski definition) is 3. The molecule has 2 saturated carbocycles. The SMILES string of the molecule is CC12CCC(=O)CC1CC(CC(=O)O)C1=C2CCC23C(=O)CC[C@]2(C)CC=C13. The minimum atomic E-state index is -0.777. The summed E-state index contributed by atoms with van der Waals surface area (Å²) in [5.41, 5.74) is 3.43. The highest BCUT2D eigenvalue weighted by molar-refractivity contribution is 5.94. The molecule has 5 aliphatic rings. The third kappa shape index (κ3) is 2.10. The fraction of sp³-hybridized carbons (Fsp3) is 0.708. The molecule has 0 aromatic rings. The van der Waals surface area contributed by atoms with Gasteiger partial charge in [-0.25, -0.2) is 0 Å². The van der Waals surface area contributed by atoms with Crippen LogP contribution < -0.4 is 0 Å². The van der Waals surface area contributed by atoms with Gasteiger partial charge in [-0.1, -0.05) is 25.5 Å². The maximum atomic E-state index is 13.2. The van der Waals surface area contributed by atoms with Crippen molar-refractivity contribution in [2.75, 3.05) is 0 Å². The van der Waals surface area contributed by atoms with Crippen molar-refractivity contribution < 1.29 is 19.5 Å². The summed E-state index contributed by atoms with van der Waals surface area (Å²) in [7, 11) is 0. The highest BCUT2D eigenvalue weighted by Gasteiger charge is 2.65. The fourth-order valence-corrected chi connectivity index (χ4v) is 7.79.